The molecule has 0 aliphatic carbocycles. The van der Waals surface area contributed by atoms with Gasteiger partial charge in [0.25, 0.3) is 6.54 Å². The highest BCUT2D eigenvalue weighted by Crippen LogP contribution is 2.16. The summed E-state index contributed by atoms with van der Waals surface area (Å²) in [6, 6.07) is 6.06. The van der Waals surface area contributed by atoms with Crippen molar-refractivity contribution in [3.63, 3.8) is 0 Å². The monoisotopic (exact) mass is 231 g/mol. The Labute approximate surface area is 99.8 Å². The quantitative estimate of drug-likeness (QED) is 0.578. The largest absolute Gasteiger partial charge is 0.464 e. The Hall–Kier alpha value is -1.97. The second-order valence-electron chi connectivity index (χ2n) is 4.06. The van der Waals surface area contributed by atoms with E-state index in [0.717, 1.165) is 22.0 Å². The van der Waals surface area contributed by atoms with E-state index in [9.17, 15) is 4.79 Å². The molecule has 2 aromatic rings. The van der Waals surface area contributed by atoms with Crippen LogP contribution in [-0.2, 0) is 16.1 Å². The van der Waals surface area contributed by atoms with E-state index in [1.54, 1.807) is 4.68 Å². The van der Waals surface area contributed by atoms with Crippen LogP contribution in [0.4, 0.5) is 0 Å². The molecule has 0 bridgehead atoms. The lowest BCUT2D eigenvalue weighted by Gasteiger charge is -2.02. The molecule has 4 nitrogen and oxygen atoms in total. The Bertz CT molecular complexity index is 579. The van der Waals surface area contributed by atoms with Crippen LogP contribution in [0.1, 0.15) is 11.1 Å². The molecule has 0 atom stereocenters. The van der Waals surface area contributed by atoms with Gasteiger partial charge in [-0.25, -0.2) is 4.79 Å². The lowest BCUT2D eigenvalue weighted by molar-refractivity contribution is -0.741. The molecule has 88 valence electrons. The van der Waals surface area contributed by atoms with Crippen molar-refractivity contribution in [2.45, 2.75) is 20.4 Å². The highest BCUT2D eigenvalue weighted by atomic mass is 16.5. The predicted octanol–water partition coefficient (Wildman–Crippen LogP) is 1.31. The van der Waals surface area contributed by atoms with Gasteiger partial charge in [-0.05, 0) is 19.4 Å². The Morgan fingerprint density at radius 2 is 2.12 bits per heavy atom. The molecule has 4 heteroatoms. The maximum absolute atomic E-state index is 11.2. The van der Waals surface area contributed by atoms with Gasteiger partial charge in [0.1, 0.15) is 5.52 Å². The third-order valence-electron chi connectivity index (χ3n) is 2.75. The van der Waals surface area contributed by atoms with E-state index in [2.05, 4.69) is 9.84 Å². The van der Waals surface area contributed by atoms with Crippen molar-refractivity contribution < 1.29 is 14.2 Å². The van der Waals surface area contributed by atoms with Crippen LogP contribution >= 0.6 is 0 Å². The molecule has 0 fully saturated rings. The molecule has 2 rings (SSSR count). The van der Waals surface area contributed by atoms with Gasteiger partial charge in [0.2, 0.25) is 6.20 Å². The van der Waals surface area contributed by atoms with E-state index in [0.29, 0.717) is 0 Å². The maximum atomic E-state index is 11.2. The fourth-order valence-electron chi connectivity index (χ4n) is 1.84. The second kappa shape index (κ2) is 4.49. The average Bonchev–Trinajstić information content (AvgIpc) is 2.30. The molecule has 0 aliphatic heterocycles. The van der Waals surface area contributed by atoms with Crippen molar-refractivity contribution in [3.05, 3.63) is 35.5 Å². The third kappa shape index (κ3) is 2.25. The minimum atomic E-state index is -0.296. The molecule has 0 radical (unpaired) electrons. The molecular weight excluding hydrogens is 216 g/mol. The fourth-order valence-corrected chi connectivity index (χ4v) is 1.84. The fraction of sp³-hybridized carbons (Fsp3) is 0.308. The lowest BCUT2D eigenvalue weighted by atomic mass is 10.1. The first-order valence-electron chi connectivity index (χ1n) is 5.45. The van der Waals surface area contributed by atoms with Crippen molar-refractivity contribution in [1.29, 1.82) is 0 Å². The number of carbonyl (C=O) groups excluding carboxylic acids is 1. The second-order valence-corrected chi connectivity index (χ2v) is 4.06. The Kier molecular flexibility index (Phi) is 3.04. The van der Waals surface area contributed by atoms with Gasteiger partial charge in [-0.3, -0.25) is 0 Å². The highest BCUT2D eigenvalue weighted by molar-refractivity contribution is 5.83. The number of benzene rings is 1. The van der Waals surface area contributed by atoms with Crippen molar-refractivity contribution in [1.82, 2.24) is 5.10 Å². The average molecular weight is 231 g/mol. The maximum Gasteiger partial charge on any atom is 0.374 e. The van der Waals surface area contributed by atoms with Crippen LogP contribution < -0.4 is 4.68 Å². The van der Waals surface area contributed by atoms with E-state index >= 15 is 0 Å². The van der Waals surface area contributed by atoms with E-state index < -0.39 is 0 Å². The molecule has 0 saturated heterocycles. The van der Waals surface area contributed by atoms with Gasteiger partial charge in [-0.2, -0.15) is 0 Å². The minimum absolute atomic E-state index is 0.140. The molecule has 0 unspecified atom stereocenters. The lowest BCUT2D eigenvalue weighted by Crippen LogP contribution is -2.42. The molecule has 1 aromatic heterocycles. The summed E-state index contributed by atoms with van der Waals surface area (Å²) in [5.74, 6) is -0.296. The smallest absolute Gasteiger partial charge is 0.374 e. The molecule has 17 heavy (non-hydrogen) atoms. The number of nitrogens with zero attached hydrogens (tertiary/aromatic N) is 2. The molecule has 0 N–H and O–H groups in total. The van der Waals surface area contributed by atoms with Gasteiger partial charge in [0.05, 0.1) is 7.11 Å². The molecule has 1 aromatic carbocycles. The van der Waals surface area contributed by atoms with Gasteiger partial charge < -0.3 is 4.74 Å². The zero-order valence-corrected chi connectivity index (χ0v) is 10.2. The first-order valence-corrected chi connectivity index (χ1v) is 5.45. The Balaban J connectivity index is 2.54. The summed E-state index contributed by atoms with van der Waals surface area (Å²) < 4.78 is 6.26. The van der Waals surface area contributed by atoms with Gasteiger partial charge in [0, 0.05) is 16.0 Å². The minimum Gasteiger partial charge on any atom is -0.464 e. The zero-order valence-electron chi connectivity index (χ0n) is 10.2. The number of esters is 1. The predicted molar refractivity (Wildman–Crippen MR) is 63.4 cm³/mol. The summed E-state index contributed by atoms with van der Waals surface area (Å²) in [7, 11) is 1.38. The van der Waals surface area contributed by atoms with Crippen molar-refractivity contribution >= 4 is 16.9 Å². The summed E-state index contributed by atoms with van der Waals surface area (Å²) in [4.78, 5) is 11.2. The van der Waals surface area contributed by atoms with E-state index in [1.807, 2.05) is 38.2 Å². The van der Waals surface area contributed by atoms with E-state index in [1.165, 1.54) is 7.11 Å². The summed E-state index contributed by atoms with van der Waals surface area (Å²) in [5, 5.41) is 5.56. The molecule has 0 amide bonds. The Morgan fingerprint density at radius 1 is 1.35 bits per heavy atom. The normalized spacial score (nSPS) is 10.5. The highest BCUT2D eigenvalue weighted by Gasteiger charge is 2.14. The van der Waals surface area contributed by atoms with Crippen LogP contribution in [-0.4, -0.2) is 18.2 Å². The van der Waals surface area contributed by atoms with Crippen LogP contribution in [0, 0.1) is 13.8 Å². The first kappa shape index (κ1) is 11.5. The first-order chi connectivity index (χ1) is 8.11. The summed E-state index contributed by atoms with van der Waals surface area (Å²) in [6.45, 7) is 4.16. The number of aromatic nitrogens is 2. The molecule has 0 aliphatic rings. The SMILES string of the molecule is COC(=O)C[n+]1cc(C)c2cccc(C)c2n1. The Morgan fingerprint density at radius 3 is 2.82 bits per heavy atom. The van der Waals surface area contributed by atoms with Gasteiger partial charge in [-0.15, -0.1) is 0 Å². The van der Waals surface area contributed by atoms with Crippen molar-refractivity contribution in [2.75, 3.05) is 7.11 Å². The summed E-state index contributed by atoms with van der Waals surface area (Å²) >= 11 is 0. The van der Waals surface area contributed by atoms with Gasteiger partial charge >= 0.3 is 5.97 Å². The standard InChI is InChI=1S/C13H15N2O2/c1-9-5-4-6-11-10(2)7-15(14-13(9)11)8-12(16)17-3/h4-7H,8H2,1-3H3/q+1. The number of hydrogen-bond donors (Lipinski definition) is 0. The van der Waals surface area contributed by atoms with Crippen LogP contribution in [0.2, 0.25) is 0 Å². The van der Waals surface area contributed by atoms with Crippen molar-refractivity contribution in [2.24, 2.45) is 0 Å². The molecule has 0 saturated carbocycles. The number of ether oxygens (including phenoxy) is 1. The number of methoxy groups -OCH3 is 1. The van der Waals surface area contributed by atoms with Crippen LogP contribution in [0.25, 0.3) is 10.9 Å². The number of carbonyl (C=O) groups is 1. The molecule has 0 spiro atoms. The molecule has 1 heterocycles. The van der Waals surface area contributed by atoms with E-state index in [-0.39, 0.29) is 12.5 Å². The van der Waals surface area contributed by atoms with Crippen LogP contribution in [0.15, 0.2) is 24.4 Å². The summed E-state index contributed by atoms with van der Waals surface area (Å²) in [6.07, 6.45) is 1.86. The molecular formula is C13H15N2O2+. The van der Waals surface area contributed by atoms with Crippen LogP contribution in [0.3, 0.4) is 0 Å². The van der Waals surface area contributed by atoms with Gasteiger partial charge in [0.15, 0.2) is 0 Å². The summed E-state index contributed by atoms with van der Waals surface area (Å²) in [5.41, 5.74) is 3.13. The zero-order chi connectivity index (χ0) is 12.4. The number of rotatable bonds is 2. The van der Waals surface area contributed by atoms with Crippen molar-refractivity contribution in [3.8, 4) is 0 Å². The number of hydrogen-bond acceptors (Lipinski definition) is 3. The van der Waals surface area contributed by atoms with Crippen LogP contribution in [0.5, 0.6) is 0 Å². The van der Waals surface area contributed by atoms with E-state index in [4.69, 9.17) is 0 Å². The number of aryl methyl sites for hydroxylation is 2. The van der Waals surface area contributed by atoms with Gasteiger partial charge in [-0.1, -0.05) is 22.9 Å². The third-order valence-corrected chi connectivity index (χ3v) is 2.75. The topological polar surface area (TPSA) is 43.1 Å². The number of fused-ring (bicyclic) bond motifs is 1.